The van der Waals surface area contributed by atoms with Gasteiger partial charge in [0, 0.05) is 37.2 Å². The predicted octanol–water partition coefficient (Wildman–Crippen LogP) is 3.37. The zero-order chi connectivity index (χ0) is 17.9. The van der Waals surface area contributed by atoms with Crippen molar-refractivity contribution < 1.29 is 4.79 Å². The van der Waals surface area contributed by atoms with E-state index in [1.54, 1.807) is 4.68 Å². The Labute approximate surface area is 150 Å². The molecule has 136 valence electrons. The number of carbonyl (C=O) groups is 1. The number of rotatable bonds is 6. The highest BCUT2D eigenvalue weighted by Gasteiger charge is 2.28. The fourth-order valence-electron chi connectivity index (χ4n) is 3.46. The van der Waals surface area contributed by atoms with E-state index >= 15 is 0 Å². The van der Waals surface area contributed by atoms with E-state index in [2.05, 4.69) is 29.6 Å². The van der Waals surface area contributed by atoms with Crippen LogP contribution in [-0.2, 0) is 18.4 Å². The lowest BCUT2D eigenvalue weighted by atomic mass is 9.85. The maximum absolute atomic E-state index is 12.3. The van der Waals surface area contributed by atoms with Gasteiger partial charge in [0.05, 0.1) is 5.69 Å². The molecule has 6 heteroatoms. The van der Waals surface area contributed by atoms with Crippen molar-refractivity contribution in [3.05, 3.63) is 16.4 Å². The van der Waals surface area contributed by atoms with Gasteiger partial charge in [-0.15, -0.1) is 0 Å². The Morgan fingerprint density at radius 1 is 1.33 bits per heavy atom. The quantitative estimate of drug-likeness (QED) is 0.823. The van der Waals surface area contributed by atoms with Crippen molar-refractivity contribution in [2.75, 3.05) is 0 Å². The molecule has 1 fully saturated rings. The van der Waals surface area contributed by atoms with Gasteiger partial charge in [0.1, 0.15) is 5.15 Å². The van der Waals surface area contributed by atoms with E-state index in [9.17, 15) is 4.79 Å². The number of nitrogens with one attached hydrogen (secondary N) is 2. The third kappa shape index (κ3) is 4.73. The molecule has 0 unspecified atom stereocenters. The van der Waals surface area contributed by atoms with Gasteiger partial charge in [0.25, 0.3) is 0 Å². The smallest absolute Gasteiger partial charge is 0.223 e. The minimum atomic E-state index is 0.118. The van der Waals surface area contributed by atoms with Gasteiger partial charge in [0.15, 0.2) is 0 Å². The fourth-order valence-corrected chi connectivity index (χ4v) is 3.66. The molecule has 0 aromatic carbocycles. The Bertz CT molecular complexity index is 568. The molecule has 1 aliphatic rings. The summed E-state index contributed by atoms with van der Waals surface area (Å²) in [4.78, 5) is 12.3. The van der Waals surface area contributed by atoms with Crippen LogP contribution in [0.2, 0.25) is 5.15 Å². The van der Waals surface area contributed by atoms with Gasteiger partial charge < -0.3 is 10.6 Å². The molecule has 0 saturated heterocycles. The van der Waals surface area contributed by atoms with Crippen molar-refractivity contribution >= 4 is 17.5 Å². The summed E-state index contributed by atoms with van der Waals surface area (Å²) in [5.74, 6) is 0.655. The Kier molecular flexibility index (Phi) is 6.70. The Morgan fingerprint density at radius 3 is 2.67 bits per heavy atom. The largest absolute Gasteiger partial charge is 0.354 e. The van der Waals surface area contributed by atoms with Crippen LogP contribution in [-0.4, -0.2) is 27.8 Å². The molecule has 5 nitrogen and oxygen atoms in total. The van der Waals surface area contributed by atoms with E-state index in [4.69, 9.17) is 11.6 Å². The van der Waals surface area contributed by atoms with E-state index in [1.807, 2.05) is 20.9 Å². The predicted molar refractivity (Wildman–Crippen MR) is 98.2 cm³/mol. The highest BCUT2D eigenvalue weighted by molar-refractivity contribution is 6.30. The number of aromatic nitrogens is 2. The van der Waals surface area contributed by atoms with Crippen LogP contribution in [0.1, 0.15) is 70.6 Å². The topological polar surface area (TPSA) is 59.0 Å². The van der Waals surface area contributed by atoms with Gasteiger partial charge in [-0.1, -0.05) is 31.9 Å². The SMILES string of the molecule is CC(C)NC(=O)[C@@H]1CCC[C@@H](NCc2c(C(C)C)nn(C)c2Cl)C1. The summed E-state index contributed by atoms with van der Waals surface area (Å²) in [7, 11) is 1.88. The molecule has 0 aliphatic heterocycles. The Morgan fingerprint density at radius 2 is 2.04 bits per heavy atom. The molecule has 1 saturated carbocycles. The number of aryl methyl sites for hydroxylation is 1. The van der Waals surface area contributed by atoms with E-state index in [0.29, 0.717) is 23.7 Å². The van der Waals surface area contributed by atoms with E-state index in [-0.39, 0.29) is 17.9 Å². The van der Waals surface area contributed by atoms with Gasteiger partial charge in [0.2, 0.25) is 5.91 Å². The van der Waals surface area contributed by atoms with Gasteiger partial charge in [-0.25, -0.2) is 0 Å². The number of carbonyl (C=O) groups excluding carboxylic acids is 1. The van der Waals surface area contributed by atoms with Crippen LogP contribution in [0.15, 0.2) is 0 Å². The standard InChI is InChI=1S/C18H31ClN4O/c1-11(2)16-15(17(19)23(5)22-16)10-20-14-8-6-7-13(9-14)18(24)21-12(3)4/h11-14,20H,6-10H2,1-5H3,(H,21,24)/t13-,14-/m1/s1. The third-order valence-corrected chi connectivity index (χ3v) is 5.16. The Balaban J connectivity index is 1.96. The summed E-state index contributed by atoms with van der Waals surface area (Å²) in [5.41, 5.74) is 2.14. The summed E-state index contributed by atoms with van der Waals surface area (Å²) in [6, 6.07) is 0.562. The third-order valence-electron chi connectivity index (χ3n) is 4.69. The zero-order valence-corrected chi connectivity index (χ0v) is 16.3. The molecule has 1 aromatic heterocycles. The second kappa shape index (κ2) is 8.34. The van der Waals surface area contributed by atoms with Crippen molar-refractivity contribution in [1.82, 2.24) is 20.4 Å². The van der Waals surface area contributed by atoms with Crippen LogP contribution in [0.3, 0.4) is 0 Å². The summed E-state index contributed by atoms with van der Waals surface area (Å²) in [5, 5.41) is 11.9. The van der Waals surface area contributed by atoms with Crippen LogP contribution in [0.4, 0.5) is 0 Å². The lowest BCUT2D eigenvalue weighted by molar-refractivity contribution is -0.126. The lowest BCUT2D eigenvalue weighted by Crippen LogP contribution is -2.42. The van der Waals surface area contributed by atoms with Gasteiger partial charge in [-0.05, 0) is 39.0 Å². The summed E-state index contributed by atoms with van der Waals surface area (Å²) >= 11 is 6.41. The monoisotopic (exact) mass is 354 g/mol. The molecule has 0 radical (unpaired) electrons. The highest BCUT2D eigenvalue weighted by atomic mass is 35.5. The van der Waals surface area contributed by atoms with Crippen molar-refractivity contribution in [3.8, 4) is 0 Å². The first-order valence-electron chi connectivity index (χ1n) is 9.04. The van der Waals surface area contributed by atoms with E-state index in [1.165, 1.54) is 0 Å². The summed E-state index contributed by atoms with van der Waals surface area (Å²) < 4.78 is 1.74. The fraction of sp³-hybridized carbons (Fsp3) is 0.778. The molecular formula is C18H31ClN4O. The van der Waals surface area contributed by atoms with Gasteiger partial charge >= 0.3 is 0 Å². The lowest BCUT2D eigenvalue weighted by Gasteiger charge is -2.29. The molecule has 1 amide bonds. The van der Waals surface area contributed by atoms with Crippen molar-refractivity contribution in [2.24, 2.45) is 13.0 Å². The molecule has 0 bridgehead atoms. The maximum atomic E-state index is 12.3. The molecule has 0 spiro atoms. The summed E-state index contributed by atoms with van der Waals surface area (Å²) in [6.07, 6.45) is 4.08. The summed E-state index contributed by atoms with van der Waals surface area (Å²) in [6.45, 7) is 9.00. The first kappa shape index (κ1) is 19.3. The number of nitrogens with zero attached hydrogens (tertiary/aromatic N) is 2. The molecule has 1 heterocycles. The number of hydrogen-bond donors (Lipinski definition) is 2. The normalized spacial score (nSPS) is 21.5. The first-order chi connectivity index (χ1) is 11.3. The Hall–Kier alpha value is -1.07. The van der Waals surface area contributed by atoms with Crippen LogP contribution < -0.4 is 10.6 Å². The van der Waals surface area contributed by atoms with Crippen LogP contribution in [0.5, 0.6) is 0 Å². The molecule has 2 rings (SSSR count). The number of amides is 1. The van der Waals surface area contributed by atoms with Gasteiger partial charge in [-0.2, -0.15) is 5.10 Å². The second-order valence-electron chi connectivity index (χ2n) is 7.54. The average Bonchev–Trinajstić information content (AvgIpc) is 2.80. The van der Waals surface area contributed by atoms with Gasteiger partial charge in [-0.3, -0.25) is 9.48 Å². The molecule has 1 aromatic rings. The molecule has 2 N–H and O–H groups in total. The molecular weight excluding hydrogens is 324 g/mol. The number of halogens is 1. The van der Waals surface area contributed by atoms with E-state index in [0.717, 1.165) is 36.9 Å². The highest BCUT2D eigenvalue weighted by Crippen LogP contribution is 2.28. The van der Waals surface area contributed by atoms with Crippen molar-refractivity contribution in [2.45, 2.75) is 77.9 Å². The van der Waals surface area contributed by atoms with Crippen LogP contribution in [0.25, 0.3) is 0 Å². The molecule has 2 atom stereocenters. The minimum Gasteiger partial charge on any atom is -0.354 e. The minimum absolute atomic E-state index is 0.118. The molecule has 1 aliphatic carbocycles. The molecule has 24 heavy (non-hydrogen) atoms. The second-order valence-corrected chi connectivity index (χ2v) is 7.90. The maximum Gasteiger partial charge on any atom is 0.223 e. The van der Waals surface area contributed by atoms with Crippen molar-refractivity contribution in [1.29, 1.82) is 0 Å². The first-order valence-corrected chi connectivity index (χ1v) is 9.42. The van der Waals surface area contributed by atoms with Crippen LogP contribution >= 0.6 is 11.6 Å². The average molecular weight is 355 g/mol. The number of hydrogen-bond acceptors (Lipinski definition) is 3. The zero-order valence-electron chi connectivity index (χ0n) is 15.5. The van der Waals surface area contributed by atoms with Crippen molar-refractivity contribution in [3.63, 3.8) is 0 Å². The van der Waals surface area contributed by atoms with E-state index < -0.39 is 0 Å². The van der Waals surface area contributed by atoms with Crippen LogP contribution in [0, 0.1) is 5.92 Å².